The summed E-state index contributed by atoms with van der Waals surface area (Å²) in [4.78, 5) is 0. The third kappa shape index (κ3) is 1.31. The Labute approximate surface area is 86.4 Å². The van der Waals surface area contributed by atoms with Crippen LogP contribution in [0.3, 0.4) is 0 Å². The van der Waals surface area contributed by atoms with Crippen molar-refractivity contribution in [3.63, 3.8) is 0 Å². The van der Waals surface area contributed by atoms with Gasteiger partial charge in [-0.1, -0.05) is 6.42 Å². The van der Waals surface area contributed by atoms with Crippen LogP contribution in [0.2, 0.25) is 0 Å². The van der Waals surface area contributed by atoms with E-state index in [2.05, 4.69) is 12.4 Å². The fraction of sp³-hybridized carbons (Fsp3) is 1.00. The average molecular weight is 195 g/mol. The molecular formula is C12H21NO. The molecule has 1 saturated heterocycles. The number of nitrogens with one attached hydrogen (secondary N) is 1. The fourth-order valence-corrected chi connectivity index (χ4v) is 3.99. The fourth-order valence-electron chi connectivity index (χ4n) is 3.99. The van der Waals surface area contributed by atoms with Crippen LogP contribution in [0.5, 0.6) is 0 Å². The molecule has 1 aliphatic heterocycles. The van der Waals surface area contributed by atoms with Crippen molar-refractivity contribution in [2.75, 3.05) is 20.3 Å². The number of hydrogen-bond donors (Lipinski definition) is 1. The Morgan fingerprint density at radius 2 is 2.00 bits per heavy atom. The van der Waals surface area contributed by atoms with Crippen LogP contribution >= 0.6 is 0 Å². The molecule has 3 fully saturated rings. The highest BCUT2D eigenvalue weighted by Gasteiger charge is 2.56. The van der Waals surface area contributed by atoms with E-state index < -0.39 is 0 Å². The van der Waals surface area contributed by atoms with Crippen LogP contribution in [0.4, 0.5) is 0 Å². The first-order chi connectivity index (χ1) is 6.92. The van der Waals surface area contributed by atoms with Gasteiger partial charge in [0.15, 0.2) is 0 Å². The third-order valence-electron chi connectivity index (χ3n) is 4.69. The Balaban J connectivity index is 1.63. The van der Waals surface area contributed by atoms with Gasteiger partial charge in [-0.2, -0.15) is 0 Å². The van der Waals surface area contributed by atoms with E-state index in [0.29, 0.717) is 0 Å². The molecule has 0 aromatic carbocycles. The van der Waals surface area contributed by atoms with Gasteiger partial charge in [0.2, 0.25) is 0 Å². The number of hydrogen-bond acceptors (Lipinski definition) is 2. The molecule has 0 spiro atoms. The highest BCUT2D eigenvalue weighted by atomic mass is 16.5. The van der Waals surface area contributed by atoms with Gasteiger partial charge < -0.3 is 10.1 Å². The summed E-state index contributed by atoms with van der Waals surface area (Å²) in [5.41, 5.74) is 0. The Bertz CT molecular complexity index is 202. The topological polar surface area (TPSA) is 21.3 Å². The zero-order valence-electron chi connectivity index (χ0n) is 9.04. The van der Waals surface area contributed by atoms with Crippen LogP contribution in [0.1, 0.15) is 25.7 Å². The Kier molecular flexibility index (Phi) is 2.29. The lowest BCUT2D eigenvalue weighted by Gasteiger charge is -2.23. The van der Waals surface area contributed by atoms with Crippen LogP contribution in [-0.2, 0) is 4.74 Å². The molecule has 0 aromatic rings. The minimum absolute atomic E-state index is 0.757. The Morgan fingerprint density at radius 1 is 1.21 bits per heavy atom. The highest BCUT2D eigenvalue weighted by Crippen LogP contribution is 2.60. The minimum Gasteiger partial charge on any atom is -0.381 e. The molecule has 14 heavy (non-hydrogen) atoms. The van der Waals surface area contributed by atoms with Crippen molar-refractivity contribution in [2.24, 2.45) is 23.7 Å². The van der Waals surface area contributed by atoms with E-state index in [4.69, 9.17) is 4.74 Å². The van der Waals surface area contributed by atoms with E-state index >= 15 is 0 Å². The van der Waals surface area contributed by atoms with E-state index in [9.17, 15) is 0 Å². The van der Waals surface area contributed by atoms with E-state index in [0.717, 1.165) is 42.9 Å². The van der Waals surface area contributed by atoms with Gasteiger partial charge in [0.05, 0.1) is 6.61 Å². The SMILES string of the molecule is CNC(C1CCOC1)C1C2CCCC21. The Morgan fingerprint density at radius 3 is 2.57 bits per heavy atom. The van der Waals surface area contributed by atoms with Gasteiger partial charge in [0.1, 0.15) is 0 Å². The molecule has 2 nitrogen and oxygen atoms in total. The molecule has 2 heteroatoms. The van der Waals surface area contributed by atoms with Gasteiger partial charge in [0.25, 0.3) is 0 Å². The summed E-state index contributed by atoms with van der Waals surface area (Å²) >= 11 is 0. The second-order valence-corrected chi connectivity index (χ2v) is 5.27. The number of fused-ring (bicyclic) bond motifs is 1. The summed E-state index contributed by atoms with van der Waals surface area (Å²) in [5, 5.41) is 3.55. The van der Waals surface area contributed by atoms with Crippen molar-refractivity contribution in [3.8, 4) is 0 Å². The molecule has 3 rings (SSSR count). The summed E-state index contributed by atoms with van der Waals surface area (Å²) in [7, 11) is 2.14. The molecule has 2 saturated carbocycles. The molecule has 4 atom stereocenters. The maximum Gasteiger partial charge on any atom is 0.0510 e. The van der Waals surface area contributed by atoms with Gasteiger partial charge in [-0.25, -0.2) is 0 Å². The molecule has 2 aliphatic carbocycles. The van der Waals surface area contributed by atoms with Gasteiger partial charge in [-0.3, -0.25) is 0 Å². The first kappa shape index (κ1) is 9.17. The van der Waals surface area contributed by atoms with Crippen molar-refractivity contribution in [2.45, 2.75) is 31.7 Å². The monoisotopic (exact) mass is 195 g/mol. The van der Waals surface area contributed by atoms with Gasteiger partial charge in [-0.05, 0) is 44.1 Å². The predicted molar refractivity (Wildman–Crippen MR) is 56.1 cm³/mol. The third-order valence-corrected chi connectivity index (χ3v) is 4.69. The van der Waals surface area contributed by atoms with Crippen molar-refractivity contribution in [1.82, 2.24) is 5.32 Å². The van der Waals surface area contributed by atoms with Crippen LogP contribution in [0.25, 0.3) is 0 Å². The van der Waals surface area contributed by atoms with Crippen LogP contribution in [0.15, 0.2) is 0 Å². The molecule has 0 bridgehead atoms. The first-order valence-electron chi connectivity index (χ1n) is 6.17. The average Bonchev–Trinajstić information content (AvgIpc) is 2.67. The maximum atomic E-state index is 5.50. The van der Waals surface area contributed by atoms with Crippen molar-refractivity contribution in [1.29, 1.82) is 0 Å². The van der Waals surface area contributed by atoms with Gasteiger partial charge in [-0.15, -0.1) is 0 Å². The quantitative estimate of drug-likeness (QED) is 0.739. The number of ether oxygens (including phenoxy) is 1. The van der Waals surface area contributed by atoms with Crippen LogP contribution in [0, 0.1) is 23.7 Å². The summed E-state index contributed by atoms with van der Waals surface area (Å²) < 4.78 is 5.50. The second kappa shape index (κ2) is 3.49. The summed E-state index contributed by atoms with van der Waals surface area (Å²) in [5.74, 6) is 3.96. The minimum atomic E-state index is 0.757. The lowest BCUT2D eigenvalue weighted by atomic mass is 9.91. The standard InChI is InChI=1S/C12H21NO/c1-13-12(8-5-6-14-7-8)11-9-3-2-4-10(9)11/h8-13H,2-7H2,1H3. The molecule has 0 amide bonds. The van der Waals surface area contributed by atoms with E-state index in [1.807, 2.05) is 0 Å². The number of rotatable bonds is 3. The predicted octanol–water partition coefficient (Wildman–Crippen LogP) is 1.66. The van der Waals surface area contributed by atoms with Crippen molar-refractivity contribution in [3.05, 3.63) is 0 Å². The lowest BCUT2D eigenvalue weighted by molar-refractivity contribution is 0.172. The van der Waals surface area contributed by atoms with Crippen molar-refractivity contribution >= 4 is 0 Å². The summed E-state index contributed by atoms with van der Waals surface area (Å²) in [6.45, 7) is 1.99. The van der Waals surface area contributed by atoms with Gasteiger partial charge >= 0.3 is 0 Å². The zero-order chi connectivity index (χ0) is 9.54. The second-order valence-electron chi connectivity index (χ2n) is 5.27. The summed E-state index contributed by atoms with van der Waals surface area (Å²) in [6.07, 6.45) is 5.77. The van der Waals surface area contributed by atoms with Crippen LogP contribution < -0.4 is 5.32 Å². The van der Waals surface area contributed by atoms with Gasteiger partial charge in [0, 0.05) is 18.6 Å². The zero-order valence-corrected chi connectivity index (χ0v) is 9.04. The van der Waals surface area contributed by atoms with E-state index in [1.54, 1.807) is 0 Å². The highest BCUT2D eigenvalue weighted by molar-refractivity contribution is 5.07. The lowest BCUT2D eigenvalue weighted by Crippen LogP contribution is -2.37. The first-order valence-corrected chi connectivity index (χ1v) is 6.17. The largest absolute Gasteiger partial charge is 0.381 e. The van der Waals surface area contributed by atoms with Crippen LogP contribution in [-0.4, -0.2) is 26.3 Å². The molecular weight excluding hydrogens is 174 g/mol. The molecule has 0 aromatic heterocycles. The maximum absolute atomic E-state index is 5.50. The molecule has 1 N–H and O–H groups in total. The molecule has 0 radical (unpaired) electrons. The summed E-state index contributed by atoms with van der Waals surface area (Å²) in [6, 6.07) is 0.757. The molecule has 3 aliphatic rings. The molecule has 80 valence electrons. The molecule has 4 unspecified atom stereocenters. The molecule has 1 heterocycles. The normalized spacial score (nSPS) is 47.8. The van der Waals surface area contributed by atoms with E-state index in [1.165, 1.54) is 25.7 Å². The van der Waals surface area contributed by atoms with E-state index in [-0.39, 0.29) is 0 Å². The van der Waals surface area contributed by atoms with Crippen molar-refractivity contribution < 1.29 is 4.74 Å². The smallest absolute Gasteiger partial charge is 0.0510 e. The Hall–Kier alpha value is -0.0800.